The number of aromatic nitrogens is 2. The maximum absolute atomic E-state index is 11.6. The molecular formula is C12H11N3O3. The first-order valence-corrected chi connectivity index (χ1v) is 5.26. The van der Waals surface area contributed by atoms with Gasteiger partial charge in [0.05, 0.1) is 5.56 Å². The van der Waals surface area contributed by atoms with Crippen molar-refractivity contribution in [3.8, 4) is 11.1 Å². The third kappa shape index (κ3) is 2.54. The SMILES string of the molecule is CC(=O)Nc1cccc(-c2c[nH]c(=O)[nH]c2=O)c1. The Hall–Kier alpha value is -2.63. The zero-order valence-electron chi connectivity index (χ0n) is 9.61. The van der Waals surface area contributed by atoms with Gasteiger partial charge in [-0.25, -0.2) is 4.79 Å². The normalized spacial score (nSPS) is 10.1. The minimum atomic E-state index is -0.554. The highest BCUT2D eigenvalue weighted by molar-refractivity contribution is 5.89. The number of nitrogens with one attached hydrogen (secondary N) is 3. The average molecular weight is 245 g/mol. The van der Waals surface area contributed by atoms with Crippen LogP contribution in [0, 0.1) is 0 Å². The number of amides is 1. The van der Waals surface area contributed by atoms with E-state index >= 15 is 0 Å². The predicted molar refractivity (Wildman–Crippen MR) is 67.4 cm³/mol. The third-order valence-electron chi connectivity index (χ3n) is 2.31. The lowest BCUT2D eigenvalue weighted by Crippen LogP contribution is -2.22. The van der Waals surface area contributed by atoms with Crippen LogP contribution in [0.1, 0.15) is 6.92 Å². The Morgan fingerprint density at radius 3 is 2.72 bits per heavy atom. The molecule has 0 atom stereocenters. The van der Waals surface area contributed by atoms with E-state index in [1.807, 2.05) is 0 Å². The van der Waals surface area contributed by atoms with Gasteiger partial charge in [-0.2, -0.15) is 0 Å². The first-order valence-electron chi connectivity index (χ1n) is 5.26. The summed E-state index contributed by atoms with van der Waals surface area (Å²) in [6, 6.07) is 6.80. The fourth-order valence-corrected chi connectivity index (χ4v) is 1.59. The molecule has 0 aliphatic heterocycles. The Morgan fingerprint density at radius 1 is 1.28 bits per heavy atom. The lowest BCUT2D eigenvalue weighted by Gasteiger charge is -2.04. The van der Waals surface area contributed by atoms with Crippen LogP contribution in [0.5, 0.6) is 0 Å². The number of anilines is 1. The van der Waals surface area contributed by atoms with Gasteiger partial charge in [0.15, 0.2) is 0 Å². The minimum Gasteiger partial charge on any atom is -0.326 e. The predicted octanol–water partition coefficient (Wildman–Crippen LogP) is 0.689. The summed E-state index contributed by atoms with van der Waals surface area (Å²) in [4.78, 5) is 38.0. The molecule has 2 rings (SSSR count). The van der Waals surface area contributed by atoms with Crippen LogP contribution in [-0.4, -0.2) is 15.9 Å². The van der Waals surface area contributed by atoms with Crippen molar-refractivity contribution in [1.82, 2.24) is 9.97 Å². The number of carbonyl (C=O) groups excluding carboxylic acids is 1. The summed E-state index contributed by atoms with van der Waals surface area (Å²) in [7, 11) is 0. The van der Waals surface area contributed by atoms with E-state index in [1.165, 1.54) is 13.1 Å². The standard InChI is InChI=1S/C12H11N3O3/c1-7(16)14-9-4-2-3-8(5-9)10-6-13-12(18)15-11(10)17/h2-6H,1H3,(H,14,16)(H2,13,15,17,18). The van der Waals surface area contributed by atoms with Crippen LogP contribution in [0.25, 0.3) is 11.1 Å². The zero-order valence-corrected chi connectivity index (χ0v) is 9.61. The Morgan fingerprint density at radius 2 is 2.06 bits per heavy atom. The second-order valence-electron chi connectivity index (χ2n) is 3.75. The minimum absolute atomic E-state index is 0.192. The summed E-state index contributed by atoms with van der Waals surface area (Å²) in [6.07, 6.45) is 1.34. The average Bonchev–Trinajstić information content (AvgIpc) is 2.28. The molecule has 1 amide bonds. The molecule has 0 bridgehead atoms. The topological polar surface area (TPSA) is 94.8 Å². The Kier molecular flexibility index (Phi) is 3.09. The van der Waals surface area contributed by atoms with Gasteiger partial charge >= 0.3 is 5.69 Å². The van der Waals surface area contributed by atoms with Crippen LogP contribution >= 0.6 is 0 Å². The smallest absolute Gasteiger partial charge is 0.325 e. The maximum Gasteiger partial charge on any atom is 0.325 e. The van der Waals surface area contributed by atoms with Crippen molar-refractivity contribution >= 4 is 11.6 Å². The summed E-state index contributed by atoms with van der Waals surface area (Å²) in [5, 5.41) is 2.62. The van der Waals surface area contributed by atoms with Crippen molar-refractivity contribution < 1.29 is 4.79 Å². The van der Waals surface area contributed by atoms with Gasteiger partial charge in [0, 0.05) is 18.8 Å². The van der Waals surface area contributed by atoms with Gasteiger partial charge in [-0.3, -0.25) is 14.6 Å². The highest BCUT2D eigenvalue weighted by Gasteiger charge is 2.05. The molecule has 0 saturated carbocycles. The molecule has 1 heterocycles. The molecule has 3 N–H and O–H groups in total. The molecule has 1 aromatic heterocycles. The van der Waals surface area contributed by atoms with Crippen molar-refractivity contribution in [2.75, 3.05) is 5.32 Å². The maximum atomic E-state index is 11.6. The zero-order chi connectivity index (χ0) is 13.1. The van der Waals surface area contributed by atoms with E-state index in [0.717, 1.165) is 0 Å². The number of hydrogen-bond donors (Lipinski definition) is 3. The second kappa shape index (κ2) is 4.70. The summed E-state index contributed by atoms with van der Waals surface area (Å²) in [5.74, 6) is -0.192. The van der Waals surface area contributed by atoms with Gasteiger partial charge in [0.1, 0.15) is 0 Å². The van der Waals surface area contributed by atoms with Gasteiger partial charge < -0.3 is 10.3 Å². The van der Waals surface area contributed by atoms with Crippen LogP contribution in [-0.2, 0) is 4.79 Å². The molecule has 0 spiro atoms. The van der Waals surface area contributed by atoms with Gasteiger partial charge in [-0.05, 0) is 17.7 Å². The second-order valence-corrected chi connectivity index (χ2v) is 3.75. The Bertz CT molecular complexity index is 700. The summed E-state index contributed by atoms with van der Waals surface area (Å²) >= 11 is 0. The number of carbonyl (C=O) groups is 1. The van der Waals surface area contributed by atoms with E-state index in [9.17, 15) is 14.4 Å². The molecule has 0 saturated heterocycles. The quantitative estimate of drug-likeness (QED) is 0.726. The van der Waals surface area contributed by atoms with E-state index in [0.29, 0.717) is 16.8 Å². The largest absolute Gasteiger partial charge is 0.326 e. The monoisotopic (exact) mass is 245 g/mol. The number of aromatic amines is 2. The summed E-state index contributed by atoms with van der Waals surface area (Å²) in [6.45, 7) is 1.40. The van der Waals surface area contributed by atoms with Crippen LogP contribution in [0.4, 0.5) is 5.69 Å². The van der Waals surface area contributed by atoms with E-state index in [4.69, 9.17) is 0 Å². The van der Waals surface area contributed by atoms with E-state index in [-0.39, 0.29) is 5.91 Å². The molecule has 1 aromatic carbocycles. The summed E-state index contributed by atoms with van der Waals surface area (Å²) in [5.41, 5.74) is 0.506. The molecule has 0 aliphatic carbocycles. The summed E-state index contributed by atoms with van der Waals surface area (Å²) < 4.78 is 0. The van der Waals surface area contributed by atoms with Crippen molar-refractivity contribution in [3.05, 3.63) is 51.3 Å². The molecule has 6 heteroatoms. The molecule has 0 aliphatic rings. The molecule has 0 fully saturated rings. The number of benzene rings is 1. The van der Waals surface area contributed by atoms with Crippen LogP contribution < -0.4 is 16.6 Å². The number of H-pyrrole nitrogens is 2. The highest BCUT2D eigenvalue weighted by Crippen LogP contribution is 2.18. The lowest BCUT2D eigenvalue weighted by atomic mass is 10.1. The van der Waals surface area contributed by atoms with Crippen molar-refractivity contribution in [3.63, 3.8) is 0 Å². The molecule has 2 aromatic rings. The van der Waals surface area contributed by atoms with Gasteiger partial charge in [-0.1, -0.05) is 12.1 Å². The van der Waals surface area contributed by atoms with Crippen molar-refractivity contribution in [2.24, 2.45) is 0 Å². The van der Waals surface area contributed by atoms with Crippen molar-refractivity contribution in [1.29, 1.82) is 0 Å². The van der Waals surface area contributed by atoms with E-state index in [2.05, 4.69) is 15.3 Å². The first kappa shape index (κ1) is 11.8. The molecule has 6 nitrogen and oxygen atoms in total. The molecule has 0 unspecified atom stereocenters. The Balaban J connectivity index is 2.47. The fraction of sp³-hybridized carbons (Fsp3) is 0.0833. The molecule has 92 valence electrons. The fourth-order valence-electron chi connectivity index (χ4n) is 1.59. The van der Waals surface area contributed by atoms with Gasteiger partial charge in [-0.15, -0.1) is 0 Å². The van der Waals surface area contributed by atoms with Crippen LogP contribution in [0.15, 0.2) is 40.1 Å². The van der Waals surface area contributed by atoms with E-state index in [1.54, 1.807) is 24.3 Å². The van der Waals surface area contributed by atoms with Crippen LogP contribution in [0.3, 0.4) is 0 Å². The van der Waals surface area contributed by atoms with Crippen molar-refractivity contribution in [2.45, 2.75) is 6.92 Å². The van der Waals surface area contributed by atoms with Gasteiger partial charge in [0.25, 0.3) is 5.56 Å². The van der Waals surface area contributed by atoms with Crippen LogP contribution in [0.2, 0.25) is 0 Å². The highest BCUT2D eigenvalue weighted by atomic mass is 16.2. The molecule has 0 radical (unpaired) electrons. The van der Waals surface area contributed by atoms with E-state index < -0.39 is 11.2 Å². The third-order valence-corrected chi connectivity index (χ3v) is 2.31. The first-order chi connectivity index (χ1) is 8.56. The Labute approximate surface area is 102 Å². The molecular weight excluding hydrogens is 234 g/mol. The van der Waals surface area contributed by atoms with Gasteiger partial charge in [0.2, 0.25) is 5.91 Å². The number of hydrogen-bond acceptors (Lipinski definition) is 3. The number of rotatable bonds is 2. The lowest BCUT2D eigenvalue weighted by molar-refractivity contribution is -0.114. The molecule has 18 heavy (non-hydrogen) atoms.